The average Bonchev–Trinajstić information content (AvgIpc) is 2.43. The second-order valence-corrected chi connectivity index (χ2v) is 4.65. The van der Waals surface area contributed by atoms with Gasteiger partial charge in [-0.25, -0.2) is 0 Å². The largest absolute Gasteiger partial charge is 0.492 e. The molecule has 3 rings (SSSR count). The van der Waals surface area contributed by atoms with Crippen molar-refractivity contribution in [3.8, 4) is 5.75 Å². The van der Waals surface area contributed by atoms with Crippen molar-refractivity contribution >= 4 is 26.8 Å². The zero-order chi connectivity index (χ0) is 10.4. The second kappa shape index (κ2) is 3.23. The van der Waals surface area contributed by atoms with Crippen molar-refractivity contribution in [2.75, 3.05) is 6.61 Å². The lowest BCUT2D eigenvalue weighted by Gasteiger charge is -2.06. The fourth-order valence-electron chi connectivity index (χ4n) is 2.11. The van der Waals surface area contributed by atoms with Crippen LogP contribution < -0.4 is 4.74 Å². The first-order valence-electron chi connectivity index (χ1n) is 5.04. The van der Waals surface area contributed by atoms with Crippen LogP contribution in [0, 0.1) is 0 Å². The number of aryl methyl sites for hydroxylation is 2. The minimum atomic E-state index is 0.776. The highest BCUT2D eigenvalue weighted by atomic mass is 79.9. The zero-order valence-corrected chi connectivity index (χ0v) is 10.0. The molecule has 0 radical (unpaired) electrons. The first kappa shape index (κ1) is 9.21. The molecule has 0 bridgehead atoms. The lowest BCUT2D eigenvalue weighted by molar-refractivity contribution is 0.317. The van der Waals surface area contributed by atoms with Crippen LogP contribution in [0.3, 0.4) is 0 Å². The predicted octanol–water partition coefficient (Wildman–Crippen LogP) is 2.66. The molecule has 0 saturated carbocycles. The molecule has 1 aliphatic heterocycles. The molecule has 0 atom stereocenters. The van der Waals surface area contributed by atoms with Gasteiger partial charge in [0, 0.05) is 7.05 Å². The lowest BCUT2D eigenvalue weighted by atomic mass is 10.1. The minimum Gasteiger partial charge on any atom is -0.492 e. The second-order valence-electron chi connectivity index (χ2n) is 3.79. The first-order valence-corrected chi connectivity index (χ1v) is 5.83. The molecule has 0 N–H and O–H groups in total. The van der Waals surface area contributed by atoms with Crippen molar-refractivity contribution in [2.24, 2.45) is 7.05 Å². The third-order valence-electron chi connectivity index (χ3n) is 2.80. The van der Waals surface area contributed by atoms with Gasteiger partial charge in [0.1, 0.15) is 5.75 Å². The van der Waals surface area contributed by atoms with Gasteiger partial charge in [-0.2, -0.15) is 5.10 Å². The first-order chi connectivity index (χ1) is 7.27. The standard InChI is InChI=1S/C11H11BrN2O/c1-14-9-5-4-7(12)11-10(9)8(13-14)3-2-6-15-11/h4-5H,2-3,6H2,1H3. The summed E-state index contributed by atoms with van der Waals surface area (Å²) in [4.78, 5) is 0. The van der Waals surface area contributed by atoms with Gasteiger partial charge in [-0.05, 0) is 40.9 Å². The van der Waals surface area contributed by atoms with Crippen LogP contribution >= 0.6 is 15.9 Å². The number of aromatic nitrogens is 2. The van der Waals surface area contributed by atoms with E-state index in [4.69, 9.17) is 4.74 Å². The maximum Gasteiger partial charge on any atom is 0.144 e. The molecular formula is C11H11BrN2O. The summed E-state index contributed by atoms with van der Waals surface area (Å²) < 4.78 is 8.71. The van der Waals surface area contributed by atoms with Crippen molar-refractivity contribution in [3.63, 3.8) is 0 Å². The molecular weight excluding hydrogens is 256 g/mol. The molecule has 0 saturated heterocycles. The number of nitrogens with zero attached hydrogens (tertiary/aromatic N) is 2. The van der Waals surface area contributed by atoms with Crippen molar-refractivity contribution < 1.29 is 4.74 Å². The van der Waals surface area contributed by atoms with E-state index in [1.807, 2.05) is 17.8 Å². The van der Waals surface area contributed by atoms with Crippen molar-refractivity contribution in [3.05, 3.63) is 22.3 Å². The summed E-state index contributed by atoms with van der Waals surface area (Å²) in [5.41, 5.74) is 2.30. The van der Waals surface area contributed by atoms with Gasteiger partial charge in [0.15, 0.2) is 0 Å². The van der Waals surface area contributed by atoms with E-state index in [1.54, 1.807) is 0 Å². The van der Waals surface area contributed by atoms with Gasteiger partial charge in [0.25, 0.3) is 0 Å². The summed E-state index contributed by atoms with van der Waals surface area (Å²) in [6.07, 6.45) is 2.04. The molecule has 15 heavy (non-hydrogen) atoms. The van der Waals surface area contributed by atoms with Gasteiger partial charge >= 0.3 is 0 Å². The van der Waals surface area contributed by atoms with E-state index in [0.29, 0.717) is 0 Å². The number of rotatable bonds is 0. The van der Waals surface area contributed by atoms with Gasteiger partial charge in [0.2, 0.25) is 0 Å². The number of halogens is 1. The van der Waals surface area contributed by atoms with Gasteiger partial charge in [-0.3, -0.25) is 4.68 Å². The van der Waals surface area contributed by atoms with Crippen LogP contribution in [0.4, 0.5) is 0 Å². The van der Waals surface area contributed by atoms with E-state index in [9.17, 15) is 0 Å². The van der Waals surface area contributed by atoms with E-state index < -0.39 is 0 Å². The predicted molar refractivity (Wildman–Crippen MR) is 62.2 cm³/mol. The molecule has 0 amide bonds. The Morgan fingerprint density at radius 2 is 2.33 bits per heavy atom. The number of ether oxygens (including phenoxy) is 1. The van der Waals surface area contributed by atoms with Crippen LogP contribution in [0.2, 0.25) is 0 Å². The van der Waals surface area contributed by atoms with E-state index in [2.05, 4.69) is 27.1 Å². The van der Waals surface area contributed by atoms with Crippen LogP contribution in [-0.2, 0) is 13.5 Å². The highest BCUT2D eigenvalue weighted by molar-refractivity contribution is 9.10. The summed E-state index contributed by atoms with van der Waals surface area (Å²) >= 11 is 3.53. The maximum absolute atomic E-state index is 5.76. The summed E-state index contributed by atoms with van der Waals surface area (Å²) in [5, 5.41) is 5.71. The lowest BCUT2D eigenvalue weighted by Crippen LogP contribution is -1.98. The molecule has 0 unspecified atom stereocenters. The Bertz CT molecular complexity index is 533. The molecule has 1 aromatic heterocycles. The summed E-state index contributed by atoms with van der Waals surface area (Å²) in [6, 6.07) is 4.10. The fraction of sp³-hybridized carbons (Fsp3) is 0.364. The SMILES string of the molecule is Cn1nc2c3c(c(Br)ccc31)OCCC2. The van der Waals surface area contributed by atoms with E-state index in [0.717, 1.165) is 40.9 Å². The van der Waals surface area contributed by atoms with Gasteiger partial charge in [-0.1, -0.05) is 0 Å². The molecule has 78 valence electrons. The Balaban J connectivity index is 2.45. The third kappa shape index (κ3) is 1.28. The molecule has 0 fully saturated rings. The Kier molecular flexibility index (Phi) is 1.99. The topological polar surface area (TPSA) is 27.1 Å². The van der Waals surface area contributed by atoms with Gasteiger partial charge < -0.3 is 4.74 Å². The average molecular weight is 267 g/mol. The molecule has 2 heterocycles. The smallest absolute Gasteiger partial charge is 0.144 e. The van der Waals surface area contributed by atoms with Gasteiger partial charge in [0.05, 0.1) is 27.7 Å². The van der Waals surface area contributed by atoms with Crippen molar-refractivity contribution in [1.82, 2.24) is 9.78 Å². The van der Waals surface area contributed by atoms with E-state index in [-0.39, 0.29) is 0 Å². The van der Waals surface area contributed by atoms with Crippen LogP contribution in [0.1, 0.15) is 12.1 Å². The molecule has 4 heteroatoms. The molecule has 0 aliphatic carbocycles. The normalized spacial score (nSPS) is 15.1. The van der Waals surface area contributed by atoms with E-state index >= 15 is 0 Å². The Labute approximate surface area is 96.2 Å². The zero-order valence-electron chi connectivity index (χ0n) is 8.46. The van der Waals surface area contributed by atoms with Crippen molar-refractivity contribution in [2.45, 2.75) is 12.8 Å². The van der Waals surface area contributed by atoms with Crippen LogP contribution in [-0.4, -0.2) is 16.4 Å². The third-order valence-corrected chi connectivity index (χ3v) is 3.42. The van der Waals surface area contributed by atoms with Crippen LogP contribution in [0.15, 0.2) is 16.6 Å². The number of benzene rings is 1. The minimum absolute atomic E-state index is 0.776. The van der Waals surface area contributed by atoms with Crippen LogP contribution in [0.5, 0.6) is 5.75 Å². The molecule has 2 aromatic rings. The molecule has 0 spiro atoms. The molecule has 3 nitrogen and oxygen atoms in total. The summed E-state index contributed by atoms with van der Waals surface area (Å²) in [6.45, 7) is 0.776. The molecule has 1 aromatic carbocycles. The number of hydrogen-bond donors (Lipinski definition) is 0. The Morgan fingerprint density at radius 3 is 3.20 bits per heavy atom. The highest BCUT2D eigenvalue weighted by Crippen LogP contribution is 2.37. The van der Waals surface area contributed by atoms with Gasteiger partial charge in [-0.15, -0.1) is 0 Å². The molecule has 1 aliphatic rings. The highest BCUT2D eigenvalue weighted by Gasteiger charge is 2.18. The summed E-state index contributed by atoms with van der Waals surface area (Å²) in [7, 11) is 1.98. The Hall–Kier alpha value is -1.03. The quantitative estimate of drug-likeness (QED) is 0.733. The van der Waals surface area contributed by atoms with E-state index in [1.165, 1.54) is 5.39 Å². The monoisotopic (exact) mass is 266 g/mol. The van der Waals surface area contributed by atoms with Crippen molar-refractivity contribution in [1.29, 1.82) is 0 Å². The summed E-state index contributed by atoms with van der Waals surface area (Å²) in [5.74, 6) is 0.952. The Morgan fingerprint density at radius 1 is 1.47 bits per heavy atom. The fourth-order valence-corrected chi connectivity index (χ4v) is 2.56. The number of hydrogen-bond acceptors (Lipinski definition) is 2. The van der Waals surface area contributed by atoms with Crippen LogP contribution in [0.25, 0.3) is 10.9 Å². The maximum atomic E-state index is 5.76.